The third-order valence-corrected chi connectivity index (χ3v) is 4.76. The Kier molecular flexibility index (Phi) is 5.41. The molecule has 0 fully saturated rings. The predicted molar refractivity (Wildman–Crippen MR) is 127 cm³/mol. The molecule has 6 heteroatoms. The molecule has 4 aromatic rings. The SMILES string of the molecule is Cc1cc2ncc(-c3ccc(OC(C)(C)C)nc3)n2cc1-c1ccc(OC(C)(C)C)nc1. The second kappa shape index (κ2) is 7.93. The van der Waals surface area contributed by atoms with Crippen molar-refractivity contribution in [3.63, 3.8) is 0 Å². The van der Waals surface area contributed by atoms with Crippen molar-refractivity contribution in [2.24, 2.45) is 0 Å². The lowest BCUT2D eigenvalue weighted by atomic mass is 10.0. The Bertz CT molecular complexity index is 1230. The Balaban J connectivity index is 1.68. The number of aromatic nitrogens is 4. The number of rotatable bonds is 4. The molecular formula is C26H30N4O2. The van der Waals surface area contributed by atoms with Crippen LogP contribution in [0.25, 0.3) is 28.0 Å². The Hall–Kier alpha value is -3.41. The Labute approximate surface area is 189 Å². The van der Waals surface area contributed by atoms with Crippen LogP contribution in [0, 0.1) is 6.92 Å². The summed E-state index contributed by atoms with van der Waals surface area (Å²) in [5.74, 6) is 1.22. The summed E-state index contributed by atoms with van der Waals surface area (Å²) in [7, 11) is 0. The van der Waals surface area contributed by atoms with Gasteiger partial charge in [0.15, 0.2) is 0 Å². The van der Waals surface area contributed by atoms with Gasteiger partial charge in [0.1, 0.15) is 16.8 Å². The van der Waals surface area contributed by atoms with Gasteiger partial charge in [-0.2, -0.15) is 0 Å². The topological polar surface area (TPSA) is 61.5 Å². The quantitative estimate of drug-likeness (QED) is 0.390. The average molecular weight is 431 g/mol. The minimum Gasteiger partial charge on any atom is -0.472 e. The molecule has 0 spiro atoms. The highest BCUT2D eigenvalue weighted by Crippen LogP contribution is 2.29. The van der Waals surface area contributed by atoms with Crippen LogP contribution >= 0.6 is 0 Å². The van der Waals surface area contributed by atoms with Gasteiger partial charge in [-0.1, -0.05) is 0 Å². The highest BCUT2D eigenvalue weighted by Gasteiger charge is 2.15. The second-order valence-corrected chi connectivity index (χ2v) is 9.94. The summed E-state index contributed by atoms with van der Waals surface area (Å²) in [5.41, 5.74) is 5.51. The number of ether oxygens (including phenoxy) is 2. The van der Waals surface area contributed by atoms with Crippen molar-refractivity contribution < 1.29 is 9.47 Å². The maximum absolute atomic E-state index is 5.85. The maximum atomic E-state index is 5.85. The Morgan fingerprint density at radius 3 is 1.78 bits per heavy atom. The number of nitrogens with zero attached hydrogens (tertiary/aromatic N) is 4. The van der Waals surface area contributed by atoms with Gasteiger partial charge in [-0.3, -0.25) is 4.40 Å². The molecule has 0 aromatic carbocycles. The van der Waals surface area contributed by atoms with E-state index in [-0.39, 0.29) is 11.2 Å². The van der Waals surface area contributed by atoms with Crippen LogP contribution in [0.4, 0.5) is 0 Å². The minimum absolute atomic E-state index is 0.281. The summed E-state index contributed by atoms with van der Waals surface area (Å²) in [4.78, 5) is 13.6. The zero-order chi connectivity index (χ0) is 23.1. The van der Waals surface area contributed by atoms with Gasteiger partial charge in [0.25, 0.3) is 0 Å². The number of pyridine rings is 3. The van der Waals surface area contributed by atoms with Gasteiger partial charge < -0.3 is 9.47 Å². The fourth-order valence-electron chi connectivity index (χ4n) is 3.46. The van der Waals surface area contributed by atoms with Crippen LogP contribution in [0.3, 0.4) is 0 Å². The molecule has 0 unspecified atom stereocenters. The van der Waals surface area contributed by atoms with Gasteiger partial charge in [0, 0.05) is 47.4 Å². The smallest absolute Gasteiger partial charge is 0.213 e. The number of aryl methyl sites for hydroxylation is 1. The molecule has 0 radical (unpaired) electrons. The van der Waals surface area contributed by atoms with Crippen LogP contribution in [-0.4, -0.2) is 30.6 Å². The first-order valence-corrected chi connectivity index (χ1v) is 10.8. The first-order chi connectivity index (χ1) is 15.0. The van der Waals surface area contributed by atoms with Gasteiger partial charge in [-0.15, -0.1) is 0 Å². The lowest BCUT2D eigenvalue weighted by molar-refractivity contribution is 0.123. The molecule has 0 bridgehead atoms. The van der Waals surface area contributed by atoms with E-state index in [4.69, 9.17) is 9.47 Å². The van der Waals surface area contributed by atoms with Crippen LogP contribution in [0.5, 0.6) is 11.8 Å². The van der Waals surface area contributed by atoms with Gasteiger partial charge in [-0.25, -0.2) is 15.0 Å². The normalized spacial score (nSPS) is 12.2. The van der Waals surface area contributed by atoms with Crippen LogP contribution in [-0.2, 0) is 0 Å². The third-order valence-electron chi connectivity index (χ3n) is 4.76. The monoisotopic (exact) mass is 430 g/mol. The molecule has 0 aliphatic carbocycles. The summed E-state index contributed by atoms with van der Waals surface area (Å²) in [6.07, 6.45) is 7.66. The molecule has 0 saturated heterocycles. The Morgan fingerprint density at radius 2 is 1.28 bits per heavy atom. The molecule has 0 atom stereocenters. The maximum Gasteiger partial charge on any atom is 0.213 e. The molecule has 0 amide bonds. The van der Waals surface area contributed by atoms with E-state index in [0.29, 0.717) is 11.8 Å². The Morgan fingerprint density at radius 1 is 0.719 bits per heavy atom. The summed E-state index contributed by atoms with van der Waals surface area (Å²) < 4.78 is 13.8. The molecule has 4 aromatic heterocycles. The lowest BCUT2D eigenvalue weighted by Gasteiger charge is -2.20. The molecule has 0 N–H and O–H groups in total. The second-order valence-electron chi connectivity index (χ2n) is 9.94. The predicted octanol–water partition coefficient (Wildman–Crippen LogP) is 6.12. The van der Waals surface area contributed by atoms with Crippen LogP contribution in [0.2, 0.25) is 0 Å². The standard InChI is InChI=1S/C26H30N4O2/c1-17-12-22-27-15-21(19-9-11-24(29-14-19)32-26(5,6)7)30(22)16-20(17)18-8-10-23(28-13-18)31-25(2,3)4/h8-16H,1-7H3. The van der Waals surface area contributed by atoms with Crippen molar-refractivity contribution in [3.05, 3.63) is 60.7 Å². The lowest BCUT2D eigenvalue weighted by Crippen LogP contribution is -2.23. The van der Waals surface area contributed by atoms with Crippen LogP contribution in [0.15, 0.2) is 55.1 Å². The summed E-state index contributed by atoms with van der Waals surface area (Å²) >= 11 is 0. The van der Waals surface area contributed by atoms with E-state index in [1.165, 1.54) is 0 Å². The van der Waals surface area contributed by atoms with E-state index >= 15 is 0 Å². The molecule has 32 heavy (non-hydrogen) atoms. The van der Waals surface area contributed by atoms with Crippen molar-refractivity contribution in [2.45, 2.75) is 59.7 Å². The van der Waals surface area contributed by atoms with Gasteiger partial charge in [0.2, 0.25) is 11.8 Å². The number of fused-ring (bicyclic) bond motifs is 1. The van der Waals surface area contributed by atoms with Crippen LogP contribution < -0.4 is 9.47 Å². The third kappa shape index (κ3) is 4.90. The molecule has 0 aliphatic heterocycles. The number of imidazole rings is 1. The van der Waals surface area contributed by atoms with E-state index < -0.39 is 0 Å². The molecular weight excluding hydrogens is 400 g/mol. The first kappa shape index (κ1) is 21.8. The van der Waals surface area contributed by atoms with Gasteiger partial charge >= 0.3 is 0 Å². The molecule has 4 heterocycles. The van der Waals surface area contributed by atoms with Crippen molar-refractivity contribution in [1.29, 1.82) is 0 Å². The fourth-order valence-corrected chi connectivity index (χ4v) is 3.46. The summed E-state index contributed by atoms with van der Waals surface area (Å²) in [6, 6.07) is 9.95. The average Bonchev–Trinajstić information content (AvgIpc) is 3.09. The van der Waals surface area contributed by atoms with E-state index in [1.54, 1.807) is 0 Å². The zero-order valence-electron chi connectivity index (χ0n) is 19.8. The van der Waals surface area contributed by atoms with E-state index in [1.807, 2.05) is 84.4 Å². The summed E-state index contributed by atoms with van der Waals surface area (Å²) in [5, 5.41) is 0. The van der Waals surface area contributed by atoms with Crippen molar-refractivity contribution in [2.75, 3.05) is 0 Å². The molecule has 166 valence electrons. The molecule has 4 rings (SSSR count). The van der Waals surface area contributed by atoms with Crippen molar-refractivity contribution >= 4 is 5.65 Å². The van der Waals surface area contributed by atoms with Gasteiger partial charge in [0.05, 0.1) is 11.9 Å². The van der Waals surface area contributed by atoms with Crippen molar-refractivity contribution in [1.82, 2.24) is 19.4 Å². The van der Waals surface area contributed by atoms with E-state index in [0.717, 1.165) is 33.6 Å². The highest BCUT2D eigenvalue weighted by molar-refractivity contribution is 5.71. The summed E-state index contributed by atoms with van der Waals surface area (Å²) in [6.45, 7) is 14.1. The number of hydrogen-bond acceptors (Lipinski definition) is 5. The number of hydrogen-bond donors (Lipinski definition) is 0. The highest BCUT2D eigenvalue weighted by atomic mass is 16.5. The van der Waals surface area contributed by atoms with Crippen LogP contribution in [0.1, 0.15) is 47.1 Å². The van der Waals surface area contributed by atoms with E-state index in [9.17, 15) is 0 Å². The zero-order valence-corrected chi connectivity index (χ0v) is 19.8. The molecule has 6 nitrogen and oxygen atoms in total. The minimum atomic E-state index is -0.286. The van der Waals surface area contributed by atoms with Crippen molar-refractivity contribution in [3.8, 4) is 34.1 Å². The van der Waals surface area contributed by atoms with Gasteiger partial charge in [-0.05, 0) is 72.2 Å². The largest absolute Gasteiger partial charge is 0.472 e. The fraction of sp³-hybridized carbons (Fsp3) is 0.346. The van der Waals surface area contributed by atoms with E-state index in [2.05, 4.69) is 38.5 Å². The molecule has 0 aliphatic rings. The molecule has 0 saturated carbocycles. The first-order valence-electron chi connectivity index (χ1n) is 10.8.